The molecule has 0 N–H and O–H groups in total. The van der Waals surface area contributed by atoms with Crippen LogP contribution >= 0.6 is 0 Å². The number of hydrogen-bond acceptors (Lipinski definition) is 0. The maximum absolute atomic E-state index is 2.49. The lowest BCUT2D eigenvalue weighted by atomic mass is 9.64. The van der Waals surface area contributed by atoms with Gasteiger partial charge in [0.05, 0.1) is 0 Å². The van der Waals surface area contributed by atoms with Gasteiger partial charge in [0.2, 0.25) is 0 Å². The Hall–Kier alpha value is 0. The first-order chi connectivity index (χ1) is 6.87. The fraction of sp³-hybridized carbons (Fsp3) is 0.933. The third-order valence-electron chi connectivity index (χ3n) is 4.43. The van der Waals surface area contributed by atoms with Gasteiger partial charge in [0.25, 0.3) is 0 Å². The van der Waals surface area contributed by atoms with Crippen molar-refractivity contribution < 1.29 is 0 Å². The van der Waals surface area contributed by atoms with E-state index in [2.05, 4.69) is 41.0 Å². The zero-order valence-corrected chi connectivity index (χ0v) is 11.4. The molecule has 0 saturated heterocycles. The van der Waals surface area contributed by atoms with Crippen LogP contribution in [0.3, 0.4) is 0 Å². The molecule has 0 nitrogen and oxygen atoms in total. The quantitative estimate of drug-likeness (QED) is 0.594. The monoisotopic (exact) mass is 209 g/mol. The standard InChI is InChI=1S/C15H29/c1-6-14(2,3)12-15(4,5)13-10-8-7-9-11-13/h7,13H,6,8-12H2,1-5H3. The zero-order chi connectivity index (χ0) is 11.5. The second kappa shape index (κ2) is 4.89. The van der Waals surface area contributed by atoms with Gasteiger partial charge in [-0.05, 0) is 55.3 Å². The van der Waals surface area contributed by atoms with E-state index >= 15 is 0 Å². The van der Waals surface area contributed by atoms with Crippen LogP contribution in [0.2, 0.25) is 0 Å². The Labute approximate surface area is 96.8 Å². The molecule has 0 atom stereocenters. The molecule has 0 aromatic heterocycles. The van der Waals surface area contributed by atoms with E-state index in [9.17, 15) is 0 Å². The molecular weight excluding hydrogens is 180 g/mol. The molecule has 0 amide bonds. The van der Waals surface area contributed by atoms with Crippen molar-refractivity contribution in [2.75, 3.05) is 0 Å². The normalized spacial score (nSPS) is 20.6. The minimum atomic E-state index is 0.519. The van der Waals surface area contributed by atoms with Crippen LogP contribution in [0, 0.1) is 23.2 Å². The van der Waals surface area contributed by atoms with Crippen LogP contribution in [0.15, 0.2) is 0 Å². The van der Waals surface area contributed by atoms with Crippen LogP contribution < -0.4 is 0 Å². The molecule has 0 heteroatoms. The highest BCUT2D eigenvalue weighted by molar-refractivity contribution is 4.88. The molecule has 0 spiro atoms. The first-order valence-corrected chi connectivity index (χ1v) is 6.69. The molecular formula is C15H29. The van der Waals surface area contributed by atoms with Crippen molar-refractivity contribution in [3.05, 3.63) is 6.42 Å². The van der Waals surface area contributed by atoms with Crippen LogP contribution in [0.5, 0.6) is 0 Å². The van der Waals surface area contributed by atoms with Crippen LogP contribution in [0.4, 0.5) is 0 Å². The maximum atomic E-state index is 2.49. The number of rotatable bonds is 4. The molecule has 15 heavy (non-hydrogen) atoms. The van der Waals surface area contributed by atoms with Gasteiger partial charge in [-0.3, -0.25) is 0 Å². The first-order valence-electron chi connectivity index (χ1n) is 6.69. The fourth-order valence-corrected chi connectivity index (χ4v) is 3.21. The second-order valence-electron chi connectivity index (χ2n) is 6.82. The zero-order valence-electron chi connectivity index (χ0n) is 11.4. The third kappa shape index (κ3) is 3.81. The summed E-state index contributed by atoms with van der Waals surface area (Å²) in [7, 11) is 0. The van der Waals surface area contributed by atoms with Crippen LogP contribution in [-0.2, 0) is 0 Å². The summed E-state index contributed by atoms with van der Waals surface area (Å²) < 4.78 is 0. The topological polar surface area (TPSA) is 0 Å². The van der Waals surface area contributed by atoms with E-state index in [1.807, 2.05) is 0 Å². The third-order valence-corrected chi connectivity index (χ3v) is 4.43. The van der Waals surface area contributed by atoms with Crippen LogP contribution in [-0.4, -0.2) is 0 Å². The maximum Gasteiger partial charge on any atom is -0.0321 e. The average molecular weight is 209 g/mol. The molecule has 0 bridgehead atoms. The van der Waals surface area contributed by atoms with E-state index in [4.69, 9.17) is 0 Å². The predicted octanol–water partition coefficient (Wildman–Crippen LogP) is 5.23. The van der Waals surface area contributed by atoms with Gasteiger partial charge in [-0.15, -0.1) is 0 Å². The van der Waals surface area contributed by atoms with Crippen molar-refractivity contribution in [2.45, 2.75) is 73.1 Å². The molecule has 1 aliphatic carbocycles. The molecule has 0 aromatic carbocycles. The molecule has 1 radical (unpaired) electrons. The first kappa shape index (κ1) is 13.1. The van der Waals surface area contributed by atoms with Gasteiger partial charge in [0.1, 0.15) is 0 Å². The van der Waals surface area contributed by atoms with Gasteiger partial charge in [0, 0.05) is 0 Å². The summed E-state index contributed by atoms with van der Waals surface area (Å²) in [6, 6.07) is 0. The molecule has 0 aromatic rings. The Balaban J connectivity index is 2.56. The largest absolute Gasteiger partial charge is 0.0649 e. The van der Waals surface area contributed by atoms with Gasteiger partial charge >= 0.3 is 0 Å². The van der Waals surface area contributed by atoms with Crippen LogP contribution in [0.25, 0.3) is 0 Å². The highest BCUT2D eigenvalue weighted by Gasteiger charge is 2.34. The van der Waals surface area contributed by atoms with Gasteiger partial charge in [-0.25, -0.2) is 0 Å². The Kier molecular flexibility index (Phi) is 4.26. The van der Waals surface area contributed by atoms with Gasteiger partial charge in [0.15, 0.2) is 0 Å². The van der Waals surface area contributed by atoms with E-state index in [0.29, 0.717) is 10.8 Å². The summed E-state index contributed by atoms with van der Waals surface area (Å²) in [6.45, 7) is 12.1. The van der Waals surface area contributed by atoms with Crippen molar-refractivity contribution in [3.63, 3.8) is 0 Å². The van der Waals surface area contributed by atoms with Crippen molar-refractivity contribution in [2.24, 2.45) is 16.7 Å². The van der Waals surface area contributed by atoms with Crippen LogP contribution in [0.1, 0.15) is 73.1 Å². The summed E-state index contributed by atoms with van der Waals surface area (Å²) >= 11 is 0. The van der Waals surface area contributed by atoms with E-state index in [0.717, 1.165) is 5.92 Å². The highest BCUT2D eigenvalue weighted by atomic mass is 14.4. The lowest BCUT2D eigenvalue weighted by Crippen LogP contribution is -2.31. The Morgan fingerprint density at radius 1 is 1.07 bits per heavy atom. The predicted molar refractivity (Wildman–Crippen MR) is 68.7 cm³/mol. The average Bonchev–Trinajstić information content (AvgIpc) is 2.18. The highest BCUT2D eigenvalue weighted by Crippen LogP contribution is 2.45. The molecule has 1 saturated carbocycles. The lowest BCUT2D eigenvalue weighted by molar-refractivity contribution is 0.0971. The number of hydrogen-bond donors (Lipinski definition) is 0. The lowest BCUT2D eigenvalue weighted by Gasteiger charge is -2.42. The van der Waals surface area contributed by atoms with Crippen molar-refractivity contribution in [3.8, 4) is 0 Å². The second-order valence-corrected chi connectivity index (χ2v) is 6.82. The van der Waals surface area contributed by atoms with Gasteiger partial charge in [-0.2, -0.15) is 0 Å². The summed E-state index contributed by atoms with van der Waals surface area (Å²) in [5.74, 6) is 0.952. The fourth-order valence-electron chi connectivity index (χ4n) is 3.21. The smallest absolute Gasteiger partial charge is 0.0321 e. The summed E-state index contributed by atoms with van der Waals surface area (Å²) in [5.41, 5.74) is 1.05. The van der Waals surface area contributed by atoms with E-state index in [1.54, 1.807) is 0 Å². The van der Waals surface area contributed by atoms with Gasteiger partial charge in [-0.1, -0.05) is 41.0 Å². The molecule has 89 valence electrons. The van der Waals surface area contributed by atoms with Crippen molar-refractivity contribution in [1.82, 2.24) is 0 Å². The summed E-state index contributed by atoms with van der Waals surface area (Å²) in [5, 5.41) is 0. The molecule has 0 aliphatic heterocycles. The molecule has 1 aliphatic rings. The van der Waals surface area contributed by atoms with E-state index < -0.39 is 0 Å². The minimum absolute atomic E-state index is 0.519. The minimum Gasteiger partial charge on any atom is -0.0649 e. The van der Waals surface area contributed by atoms with E-state index in [-0.39, 0.29) is 0 Å². The molecule has 0 heterocycles. The van der Waals surface area contributed by atoms with Crippen molar-refractivity contribution in [1.29, 1.82) is 0 Å². The Morgan fingerprint density at radius 2 is 1.60 bits per heavy atom. The Bertz CT molecular complexity index is 182. The van der Waals surface area contributed by atoms with Crippen molar-refractivity contribution >= 4 is 0 Å². The summed E-state index contributed by atoms with van der Waals surface area (Å²) in [4.78, 5) is 0. The molecule has 1 rings (SSSR count). The van der Waals surface area contributed by atoms with Gasteiger partial charge < -0.3 is 0 Å². The molecule has 1 fully saturated rings. The SMILES string of the molecule is CCC(C)(C)CC(C)(C)C1CC[CH]CC1. The summed E-state index contributed by atoms with van der Waals surface area (Å²) in [6.07, 6.45) is 10.7. The Morgan fingerprint density at radius 3 is 2.07 bits per heavy atom. The molecule has 0 unspecified atom stereocenters. The van der Waals surface area contributed by atoms with E-state index in [1.165, 1.54) is 38.5 Å².